The van der Waals surface area contributed by atoms with Crippen LogP contribution in [0.25, 0.3) is 0 Å². The molecule has 0 bridgehead atoms. The van der Waals surface area contributed by atoms with E-state index in [4.69, 9.17) is 5.73 Å². The summed E-state index contributed by atoms with van der Waals surface area (Å²) in [5.74, 6) is 0.855. The largest absolute Gasteiger partial charge is 0.323 e. The number of piperidine rings is 2. The first-order valence-corrected chi connectivity index (χ1v) is 8.51. The van der Waals surface area contributed by atoms with E-state index in [2.05, 4.69) is 41.1 Å². The van der Waals surface area contributed by atoms with Gasteiger partial charge < -0.3 is 10.6 Å². The Morgan fingerprint density at radius 1 is 1.10 bits per heavy atom. The van der Waals surface area contributed by atoms with Gasteiger partial charge in [-0.3, -0.25) is 4.90 Å². The lowest BCUT2D eigenvalue weighted by Crippen LogP contribution is -2.56. The van der Waals surface area contributed by atoms with Crippen molar-refractivity contribution in [3.05, 3.63) is 35.4 Å². The predicted molar refractivity (Wildman–Crippen MR) is 86.2 cm³/mol. The van der Waals surface area contributed by atoms with Crippen LogP contribution in [0.15, 0.2) is 24.3 Å². The maximum Gasteiger partial charge on any atom is 0.0459 e. The van der Waals surface area contributed by atoms with Crippen molar-refractivity contribution in [2.24, 2.45) is 11.7 Å². The van der Waals surface area contributed by atoms with Gasteiger partial charge in [-0.2, -0.15) is 0 Å². The quantitative estimate of drug-likeness (QED) is 0.857. The molecule has 114 valence electrons. The van der Waals surface area contributed by atoms with Crippen LogP contribution < -0.4 is 5.73 Å². The lowest BCUT2D eigenvalue weighted by molar-refractivity contribution is 0.0171. The van der Waals surface area contributed by atoms with Crippen LogP contribution in [0.1, 0.15) is 36.4 Å². The third kappa shape index (κ3) is 2.32. The van der Waals surface area contributed by atoms with E-state index in [1.165, 1.54) is 50.0 Å². The molecule has 0 saturated carbocycles. The SMILES string of the molecule is CN1CCCC2CN(C3Cc4ccccc4C3N)CCC21. The van der Waals surface area contributed by atoms with Crippen molar-refractivity contribution in [2.75, 3.05) is 26.7 Å². The Morgan fingerprint density at radius 2 is 1.95 bits per heavy atom. The van der Waals surface area contributed by atoms with Crippen molar-refractivity contribution in [1.29, 1.82) is 0 Å². The van der Waals surface area contributed by atoms with Crippen LogP contribution in [0.2, 0.25) is 0 Å². The molecule has 4 atom stereocenters. The van der Waals surface area contributed by atoms with Crippen LogP contribution in [0.4, 0.5) is 0 Å². The highest BCUT2D eigenvalue weighted by Gasteiger charge is 2.40. The number of likely N-dealkylation sites (tertiary alicyclic amines) is 2. The molecular weight excluding hydrogens is 258 g/mol. The van der Waals surface area contributed by atoms with Gasteiger partial charge in [0.25, 0.3) is 0 Å². The van der Waals surface area contributed by atoms with Gasteiger partial charge in [0, 0.05) is 31.2 Å². The molecule has 2 fully saturated rings. The second kappa shape index (κ2) is 5.38. The van der Waals surface area contributed by atoms with Crippen molar-refractivity contribution < 1.29 is 0 Å². The molecule has 1 aromatic carbocycles. The van der Waals surface area contributed by atoms with E-state index < -0.39 is 0 Å². The summed E-state index contributed by atoms with van der Waals surface area (Å²) >= 11 is 0. The summed E-state index contributed by atoms with van der Waals surface area (Å²) in [7, 11) is 2.31. The number of rotatable bonds is 1. The van der Waals surface area contributed by atoms with Gasteiger partial charge in [0.05, 0.1) is 0 Å². The van der Waals surface area contributed by atoms with Gasteiger partial charge in [0.1, 0.15) is 0 Å². The number of hydrogen-bond donors (Lipinski definition) is 1. The highest BCUT2D eigenvalue weighted by atomic mass is 15.2. The molecule has 21 heavy (non-hydrogen) atoms. The molecule has 0 radical (unpaired) electrons. The topological polar surface area (TPSA) is 32.5 Å². The van der Waals surface area contributed by atoms with Crippen LogP contribution in [-0.2, 0) is 6.42 Å². The van der Waals surface area contributed by atoms with Gasteiger partial charge >= 0.3 is 0 Å². The summed E-state index contributed by atoms with van der Waals surface area (Å²) < 4.78 is 0. The molecule has 0 amide bonds. The van der Waals surface area contributed by atoms with Crippen molar-refractivity contribution in [2.45, 2.75) is 43.8 Å². The molecule has 4 rings (SSSR count). The molecule has 4 unspecified atom stereocenters. The van der Waals surface area contributed by atoms with Crippen LogP contribution in [-0.4, -0.2) is 48.6 Å². The Bertz CT molecular complexity index is 515. The Labute approximate surface area is 128 Å². The normalized spacial score (nSPS) is 37.2. The molecule has 2 N–H and O–H groups in total. The molecule has 2 aliphatic heterocycles. The van der Waals surface area contributed by atoms with E-state index in [0.717, 1.165) is 18.4 Å². The molecule has 0 spiro atoms. The van der Waals surface area contributed by atoms with E-state index in [0.29, 0.717) is 6.04 Å². The van der Waals surface area contributed by atoms with Crippen LogP contribution in [0.5, 0.6) is 0 Å². The Kier molecular flexibility index (Phi) is 3.52. The van der Waals surface area contributed by atoms with Gasteiger partial charge in [0.15, 0.2) is 0 Å². The fraction of sp³-hybridized carbons (Fsp3) is 0.667. The molecule has 1 aromatic rings. The Hall–Kier alpha value is -0.900. The summed E-state index contributed by atoms with van der Waals surface area (Å²) in [4.78, 5) is 5.29. The molecule has 2 heterocycles. The summed E-state index contributed by atoms with van der Waals surface area (Å²) in [5, 5.41) is 0. The van der Waals surface area contributed by atoms with Gasteiger partial charge in [-0.05, 0) is 56.3 Å². The first-order chi connectivity index (χ1) is 10.2. The molecule has 3 nitrogen and oxygen atoms in total. The first-order valence-electron chi connectivity index (χ1n) is 8.51. The van der Waals surface area contributed by atoms with E-state index >= 15 is 0 Å². The average Bonchev–Trinajstić information content (AvgIpc) is 2.85. The molecular formula is C18H27N3. The van der Waals surface area contributed by atoms with Crippen molar-refractivity contribution in [1.82, 2.24) is 9.80 Å². The summed E-state index contributed by atoms with van der Waals surface area (Å²) in [6, 6.07) is 10.3. The van der Waals surface area contributed by atoms with E-state index in [1.54, 1.807) is 0 Å². The van der Waals surface area contributed by atoms with Crippen molar-refractivity contribution in [3.8, 4) is 0 Å². The van der Waals surface area contributed by atoms with Gasteiger partial charge in [0.2, 0.25) is 0 Å². The van der Waals surface area contributed by atoms with Gasteiger partial charge in [-0.25, -0.2) is 0 Å². The zero-order valence-electron chi connectivity index (χ0n) is 13.0. The first kappa shape index (κ1) is 13.7. The number of benzene rings is 1. The lowest BCUT2D eigenvalue weighted by atomic mass is 9.83. The number of nitrogens with two attached hydrogens (primary N) is 1. The smallest absolute Gasteiger partial charge is 0.0459 e. The number of nitrogens with zero attached hydrogens (tertiary/aromatic N) is 2. The minimum atomic E-state index is 0.207. The molecule has 2 saturated heterocycles. The van der Waals surface area contributed by atoms with Crippen LogP contribution in [0, 0.1) is 5.92 Å². The fourth-order valence-corrected chi connectivity index (χ4v) is 4.94. The molecule has 1 aliphatic carbocycles. The molecule has 3 heteroatoms. The number of fused-ring (bicyclic) bond motifs is 2. The average molecular weight is 285 g/mol. The highest BCUT2D eigenvalue weighted by molar-refractivity contribution is 5.37. The third-order valence-corrected chi connectivity index (χ3v) is 6.10. The van der Waals surface area contributed by atoms with E-state index in [-0.39, 0.29) is 6.04 Å². The summed E-state index contributed by atoms with van der Waals surface area (Å²) in [5.41, 5.74) is 9.41. The molecule has 3 aliphatic rings. The van der Waals surface area contributed by atoms with Gasteiger partial charge in [-0.1, -0.05) is 24.3 Å². The zero-order chi connectivity index (χ0) is 14.4. The monoisotopic (exact) mass is 285 g/mol. The van der Waals surface area contributed by atoms with Crippen molar-refractivity contribution >= 4 is 0 Å². The summed E-state index contributed by atoms with van der Waals surface area (Å²) in [6.45, 7) is 3.76. The second-order valence-corrected chi connectivity index (χ2v) is 7.23. The van der Waals surface area contributed by atoms with Crippen LogP contribution >= 0.6 is 0 Å². The minimum Gasteiger partial charge on any atom is -0.323 e. The molecule has 0 aromatic heterocycles. The van der Waals surface area contributed by atoms with Gasteiger partial charge in [-0.15, -0.1) is 0 Å². The van der Waals surface area contributed by atoms with E-state index in [9.17, 15) is 0 Å². The Morgan fingerprint density at radius 3 is 2.81 bits per heavy atom. The summed E-state index contributed by atoms with van der Waals surface area (Å²) in [6.07, 6.45) is 5.23. The van der Waals surface area contributed by atoms with Crippen molar-refractivity contribution in [3.63, 3.8) is 0 Å². The maximum absolute atomic E-state index is 6.56. The lowest BCUT2D eigenvalue weighted by Gasteiger charge is -2.48. The Balaban J connectivity index is 1.49. The standard InChI is InChI=1S/C18H27N3/c1-20-9-4-6-14-12-21(10-8-16(14)20)17-11-13-5-2-3-7-15(13)18(17)19/h2-3,5,7,14,16-18H,4,6,8-12,19H2,1H3. The third-order valence-electron chi connectivity index (χ3n) is 6.10. The van der Waals surface area contributed by atoms with Crippen LogP contribution in [0.3, 0.4) is 0 Å². The maximum atomic E-state index is 6.56. The second-order valence-electron chi connectivity index (χ2n) is 7.23. The fourth-order valence-electron chi connectivity index (χ4n) is 4.94. The minimum absolute atomic E-state index is 0.207. The highest BCUT2D eigenvalue weighted by Crippen LogP contribution is 2.37. The zero-order valence-corrected chi connectivity index (χ0v) is 13.0. The predicted octanol–water partition coefficient (Wildman–Crippen LogP) is 2.03. The number of hydrogen-bond acceptors (Lipinski definition) is 3. The van der Waals surface area contributed by atoms with E-state index in [1.807, 2.05) is 0 Å².